The van der Waals surface area contributed by atoms with Crippen LogP contribution in [0.5, 0.6) is 0 Å². The summed E-state index contributed by atoms with van der Waals surface area (Å²) in [6.45, 7) is 5.82. The van der Waals surface area contributed by atoms with E-state index < -0.39 is 0 Å². The van der Waals surface area contributed by atoms with Crippen LogP contribution in [-0.4, -0.2) is 30.1 Å². The van der Waals surface area contributed by atoms with E-state index in [4.69, 9.17) is 5.73 Å². The van der Waals surface area contributed by atoms with Crippen molar-refractivity contribution in [1.29, 1.82) is 0 Å². The fraction of sp³-hybridized carbons (Fsp3) is 1.00. The molecule has 1 saturated heterocycles. The Morgan fingerprint density at radius 3 is 2.53 bits per heavy atom. The molecular weight excluding hydrogens is 184 g/mol. The van der Waals surface area contributed by atoms with Crippen LogP contribution in [0.25, 0.3) is 0 Å². The van der Waals surface area contributed by atoms with E-state index in [1.165, 1.54) is 58.0 Å². The van der Waals surface area contributed by atoms with E-state index in [9.17, 15) is 0 Å². The highest BCUT2D eigenvalue weighted by Gasteiger charge is 2.43. The van der Waals surface area contributed by atoms with Crippen LogP contribution in [-0.2, 0) is 0 Å². The van der Waals surface area contributed by atoms with Gasteiger partial charge in [0.2, 0.25) is 0 Å². The van der Waals surface area contributed by atoms with Crippen molar-refractivity contribution in [3.63, 3.8) is 0 Å². The first-order chi connectivity index (χ1) is 7.33. The summed E-state index contributed by atoms with van der Waals surface area (Å²) < 4.78 is 0. The Balaban J connectivity index is 2.15. The first-order valence-corrected chi connectivity index (χ1v) is 6.78. The Labute approximate surface area is 94.2 Å². The van der Waals surface area contributed by atoms with Crippen molar-refractivity contribution >= 4 is 0 Å². The lowest BCUT2D eigenvalue weighted by Crippen LogP contribution is -2.58. The van der Waals surface area contributed by atoms with Gasteiger partial charge in [-0.25, -0.2) is 0 Å². The van der Waals surface area contributed by atoms with Gasteiger partial charge in [0, 0.05) is 12.1 Å². The highest BCUT2D eigenvalue weighted by Crippen LogP contribution is 2.41. The molecule has 2 fully saturated rings. The molecule has 1 aliphatic heterocycles. The predicted molar refractivity (Wildman–Crippen MR) is 64.8 cm³/mol. The van der Waals surface area contributed by atoms with Gasteiger partial charge in [-0.2, -0.15) is 0 Å². The van der Waals surface area contributed by atoms with Gasteiger partial charge >= 0.3 is 0 Å². The Morgan fingerprint density at radius 2 is 1.93 bits per heavy atom. The van der Waals surface area contributed by atoms with Gasteiger partial charge in [-0.15, -0.1) is 0 Å². The van der Waals surface area contributed by atoms with Gasteiger partial charge in [0.25, 0.3) is 0 Å². The summed E-state index contributed by atoms with van der Waals surface area (Å²) in [5.41, 5.74) is 6.52. The lowest BCUT2D eigenvalue weighted by molar-refractivity contribution is 0.0216. The second-order valence-electron chi connectivity index (χ2n) is 5.35. The standard InChI is InChI=1S/C13H26N2/c1-2-12-7-3-4-8-13(12,11-14)15-9-5-6-10-15/h12H,2-11,14H2,1H3. The van der Waals surface area contributed by atoms with Gasteiger partial charge in [-0.3, -0.25) is 4.90 Å². The molecule has 0 radical (unpaired) electrons. The van der Waals surface area contributed by atoms with Crippen molar-refractivity contribution in [2.45, 2.75) is 57.4 Å². The van der Waals surface area contributed by atoms with Gasteiger partial charge in [-0.05, 0) is 44.7 Å². The highest BCUT2D eigenvalue weighted by molar-refractivity contribution is 5.00. The molecular formula is C13H26N2. The third kappa shape index (κ3) is 1.94. The number of nitrogens with two attached hydrogens (primary N) is 1. The molecule has 15 heavy (non-hydrogen) atoms. The summed E-state index contributed by atoms with van der Waals surface area (Å²) in [4.78, 5) is 2.72. The van der Waals surface area contributed by atoms with Crippen molar-refractivity contribution in [3.05, 3.63) is 0 Å². The van der Waals surface area contributed by atoms with Gasteiger partial charge in [-0.1, -0.05) is 26.2 Å². The summed E-state index contributed by atoms with van der Waals surface area (Å²) in [7, 11) is 0. The molecule has 1 aliphatic carbocycles. The second-order valence-corrected chi connectivity index (χ2v) is 5.35. The maximum atomic E-state index is 6.14. The van der Waals surface area contributed by atoms with Crippen LogP contribution in [0.3, 0.4) is 0 Å². The van der Waals surface area contributed by atoms with Gasteiger partial charge in [0.15, 0.2) is 0 Å². The van der Waals surface area contributed by atoms with Crippen LogP contribution < -0.4 is 5.73 Å². The van der Waals surface area contributed by atoms with Crippen LogP contribution in [0.1, 0.15) is 51.9 Å². The van der Waals surface area contributed by atoms with Crippen LogP contribution >= 0.6 is 0 Å². The van der Waals surface area contributed by atoms with Crippen molar-refractivity contribution in [2.75, 3.05) is 19.6 Å². The van der Waals surface area contributed by atoms with Gasteiger partial charge < -0.3 is 5.73 Å². The SMILES string of the molecule is CCC1CCCCC1(CN)N1CCCC1. The monoisotopic (exact) mass is 210 g/mol. The topological polar surface area (TPSA) is 29.3 Å². The Bertz CT molecular complexity index is 195. The molecule has 0 amide bonds. The Kier molecular flexibility index (Phi) is 3.68. The van der Waals surface area contributed by atoms with E-state index in [1.807, 2.05) is 0 Å². The number of rotatable bonds is 3. The molecule has 2 unspecified atom stereocenters. The molecule has 2 atom stereocenters. The molecule has 1 saturated carbocycles. The molecule has 0 aromatic carbocycles. The van der Waals surface area contributed by atoms with E-state index in [2.05, 4.69) is 11.8 Å². The van der Waals surface area contributed by atoms with Crippen molar-refractivity contribution in [3.8, 4) is 0 Å². The molecule has 0 aromatic heterocycles. The molecule has 1 heterocycles. The molecule has 0 bridgehead atoms. The summed E-state index contributed by atoms with van der Waals surface area (Å²) in [6.07, 6.45) is 9.66. The maximum absolute atomic E-state index is 6.14. The molecule has 2 rings (SSSR count). The van der Waals surface area contributed by atoms with Crippen LogP contribution in [0.2, 0.25) is 0 Å². The summed E-state index contributed by atoms with van der Waals surface area (Å²) >= 11 is 0. The van der Waals surface area contributed by atoms with Crippen LogP contribution in [0.15, 0.2) is 0 Å². The summed E-state index contributed by atoms with van der Waals surface area (Å²) in [6, 6.07) is 0. The van der Waals surface area contributed by atoms with Crippen molar-refractivity contribution < 1.29 is 0 Å². The van der Waals surface area contributed by atoms with Crippen molar-refractivity contribution in [2.24, 2.45) is 11.7 Å². The average molecular weight is 210 g/mol. The molecule has 2 N–H and O–H groups in total. The third-order valence-electron chi connectivity index (χ3n) is 4.75. The van der Waals surface area contributed by atoms with E-state index in [-0.39, 0.29) is 0 Å². The minimum absolute atomic E-state index is 0.378. The smallest absolute Gasteiger partial charge is 0.0359 e. The molecule has 0 aromatic rings. The van der Waals surface area contributed by atoms with Crippen LogP contribution in [0.4, 0.5) is 0 Å². The minimum Gasteiger partial charge on any atom is -0.329 e. The number of nitrogens with zero attached hydrogens (tertiary/aromatic N) is 1. The minimum atomic E-state index is 0.378. The zero-order valence-corrected chi connectivity index (χ0v) is 10.2. The summed E-state index contributed by atoms with van der Waals surface area (Å²) in [5.74, 6) is 0.856. The molecule has 0 spiro atoms. The normalized spacial score (nSPS) is 38.4. The fourth-order valence-electron chi connectivity index (χ4n) is 3.86. The lowest BCUT2D eigenvalue weighted by Gasteiger charge is -2.49. The lowest BCUT2D eigenvalue weighted by atomic mass is 9.70. The largest absolute Gasteiger partial charge is 0.329 e. The van der Waals surface area contributed by atoms with E-state index in [0.717, 1.165) is 12.5 Å². The Morgan fingerprint density at radius 1 is 1.20 bits per heavy atom. The first-order valence-electron chi connectivity index (χ1n) is 6.78. The molecule has 2 nitrogen and oxygen atoms in total. The van der Waals surface area contributed by atoms with Crippen molar-refractivity contribution in [1.82, 2.24) is 4.90 Å². The predicted octanol–water partition coefficient (Wildman–Crippen LogP) is 2.38. The molecule has 2 heteroatoms. The zero-order chi connectivity index (χ0) is 10.7. The number of likely N-dealkylation sites (tertiary alicyclic amines) is 1. The molecule has 2 aliphatic rings. The quantitative estimate of drug-likeness (QED) is 0.775. The van der Waals surface area contributed by atoms with Crippen LogP contribution in [0, 0.1) is 5.92 Å². The summed E-state index contributed by atoms with van der Waals surface area (Å²) in [5, 5.41) is 0. The number of hydrogen-bond acceptors (Lipinski definition) is 2. The Hall–Kier alpha value is -0.0800. The fourth-order valence-corrected chi connectivity index (χ4v) is 3.86. The van der Waals surface area contributed by atoms with E-state index in [0.29, 0.717) is 5.54 Å². The van der Waals surface area contributed by atoms with E-state index in [1.54, 1.807) is 0 Å². The third-order valence-corrected chi connectivity index (χ3v) is 4.75. The molecule has 88 valence electrons. The average Bonchev–Trinajstić information content (AvgIpc) is 2.82. The van der Waals surface area contributed by atoms with Gasteiger partial charge in [0.05, 0.1) is 0 Å². The highest BCUT2D eigenvalue weighted by atomic mass is 15.2. The van der Waals surface area contributed by atoms with E-state index >= 15 is 0 Å². The second kappa shape index (κ2) is 4.84. The zero-order valence-electron chi connectivity index (χ0n) is 10.2. The maximum Gasteiger partial charge on any atom is 0.0359 e. The number of hydrogen-bond donors (Lipinski definition) is 1. The first kappa shape index (κ1) is 11.4. The van der Waals surface area contributed by atoms with Gasteiger partial charge in [0.1, 0.15) is 0 Å².